The van der Waals surface area contributed by atoms with Gasteiger partial charge in [-0.2, -0.15) is 0 Å². The molecule has 3 aliphatic rings. The third-order valence-electron chi connectivity index (χ3n) is 8.55. The number of alkyl halides is 1. The van der Waals surface area contributed by atoms with Crippen molar-refractivity contribution in [3.8, 4) is 11.5 Å². The Morgan fingerprint density at radius 2 is 1.97 bits per heavy atom. The molecule has 8 nitrogen and oxygen atoms in total. The Bertz CT molecular complexity index is 1560. The fourth-order valence-corrected chi connectivity index (χ4v) is 6.25. The number of rotatable bonds is 7. The minimum Gasteiger partial charge on any atom is -0.378 e. The summed E-state index contributed by atoms with van der Waals surface area (Å²) in [6.45, 7) is 4.40. The highest BCUT2D eigenvalue weighted by molar-refractivity contribution is 6.01. The molecule has 2 aromatic carbocycles. The molecule has 1 amide bonds. The molecule has 2 aromatic heterocycles. The van der Waals surface area contributed by atoms with Gasteiger partial charge in [0.15, 0.2) is 5.82 Å². The fraction of sp³-hybridized carbons (Fsp3) is 0.467. The second-order valence-electron chi connectivity index (χ2n) is 11.3. The number of hydrogen-bond donors (Lipinski definition) is 1. The van der Waals surface area contributed by atoms with Crippen LogP contribution in [-0.2, 0) is 24.8 Å². The number of aromatic nitrogens is 3. The summed E-state index contributed by atoms with van der Waals surface area (Å²) in [6, 6.07) is 12.2. The molecule has 1 atom stereocenters. The number of amides is 1. The number of anilines is 1. The molecule has 9 heteroatoms. The number of para-hydroxylation sites is 1. The minimum absolute atomic E-state index is 0.0905. The molecule has 204 valence electrons. The molecule has 0 spiro atoms. The zero-order chi connectivity index (χ0) is 26.7. The molecule has 39 heavy (non-hydrogen) atoms. The lowest BCUT2D eigenvalue weighted by Crippen LogP contribution is -2.45. The van der Waals surface area contributed by atoms with Gasteiger partial charge in [0.05, 0.1) is 47.2 Å². The molecule has 2 fully saturated rings. The number of hydrogen-bond acceptors (Lipinski definition) is 5. The van der Waals surface area contributed by atoms with Crippen LogP contribution in [0.1, 0.15) is 28.8 Å². The number of ether oxygens (including phenoxy) is 1. The molecule has 4 aromatic rings. The summed E-state index contributed by atoms with van der Waals surface area (Å²) in [5.74, 6) is 1.51. The van der Waals surface area contributed by atoms with Gasteiger partial charge in [0.1, 0.15) is 6.67 Å². The van der Waals surface area contributed by atoms with Crippen molar-refractivity contribution in [2.45, 2.75) is 31.8 Å². The monoisotopic (exact) mass is 530 g/mol. The van der Waals surface area contributed by atoms with Gasteiger partial charge >= 0.3 is 0 Å². The van der Waals surface area contributed by atoms with Crippen LogP contribution >= 0.6 is 0 Å². The molecule has 1 aliphatic carbocycles. The van der Waals surface area contributed by atoms with Crippen LogP contribution in [-0.4, -0.2) is 77.0 Å². The third-order valence-corrected chi connectivity index (χ3v) is 8.55. The number of aryl methyl sites for hydroxylation is 1. The predicted octanol–water partition coefficient (Wildman–Crippen LogP) is 3.74. The topological polar surface area (TPSA) is 81.6 Å². The average molecular weight is 531 g/mol. The first-order valence-corrected chi connectivity index (χ1v) is 14.1. The first-order chi connectivity index (χ1) is 19.0. The van der Waals surface area contributed by atoms with Gasteiger partial charge in [-0.05, 0) is 55.0 Å². The highest BCUT2D eigenvalue weighted by Gasteiger charge is 2.30. The van der Waals surface area contributed by atoms with Gasteiger partial charge in [-0.3, -0.25) is 4.79 Å². The van der Waals surface area contributed by atoms with E-state index in [1.165, 1.54) is 29.4 Å². The predicted molar refractivity (Wildman–Crippen MR) is 151 cm³/mol. The summed E-state index contributed by atoms with van der Waals surface area (Å²) in [6.07, 6.45) is 3.25. The van der Waals surface area contributed by atoms with Crippen LogP contribution in [0.5, 0.6) is 0 Å². The van der Waals surface area contributed by atoms with Crippen LogP contribution < -0.4 is 10.6 Å². The summed E-state index contributed by atoms with van der Waals surface area (Å²) in [5.41, 5.74) is 12.9. The Hall–Kier alpha value is -3.43. The molecule has 1 saturated carbocycles. The van der Waals surface area contributed by atoms with E-state index in [9.17, 15) is 9.18 Å². The number of carbonyl (C=O) groups is 1. The van der Waals surface area contributed by atoms with Gasteiger partial charge in [-0.25, -0.2) is 9.37 Å². The Morgan fingerprint density at radius 3 is 2.74 bits per heavy atom. The normalized spacial score (nSPS) is 18.8. The molecule has 7 rings (SSSR count). The van der Waals surface area contributed by atoms with Gasteiger partial charge in [-0.15, -0.1) is 0 Å². The standard InChI is InChI=1S/C30H35FN6O2/c1-34-26-13-20-7-8-36(18-22(32)16-31)30(38)23(20)15-24(26)33-29(34)27-14-21-3-2-4-25(35-9-11-39-12-10-35)28(21)37(27)17-19-5-6-19/h2-4,13-15,19,22H,5-12,16-18,32H2,1H3/t22-/m1/s1. The highest BCUT2D eigenvalue weighted by atomic mass is 19.1. The van der Waals surface area contributed by atoms with Crippen molar-refractivity contribution in [2.24, 2.45) is 18.7 Å². The van der Waals surface area contributed by atoms with Crippen molar-refractivity contribution in [2.75, 3.05) is 51.0 Å². The maximum Gasteiger partial charge on any atom is 0.254 e. The van der Waals surface area contributed by atoms with Gasteiger partial charge in [0.2, 0.25) is 0 Å². The largest absolute Gasteiger partial charge is 0.378 e. The smallest absolute Gasteiger partial charge is 0.254 e. The molecule has 4 heterocycles. The maximum absolute atomic E-state index is 13.3. The van der Waals surface area contributed by atoms with E-state index in [0.717, 1.165) is 67.4 Å². The van der Waals surface area contributed by atoms with Crippen LogP contribution in [0.3, 0.4) is 0 Å². The number of halogens is 1. The maximum atomic E-state index is 13.3. The third kappa shape index (κ3) is 4.28. The van der Waals surface area contributed by atoms with E-state index < -0.39 is 12.7 Å². The van der Waals surface area contributed by atoms with Gasteiger partial charge < -0.3 is 29.4 Å². The first-order valence-electron chi connectivity index (χ1n) is 14.1. The van der Waals surface area contributed by atoms with Crippen LogP contribution in [0.15, 0.2) is 36.4 Å². The Balaban J connectivity index is 1.34. The number of benzene rings is 2. The van der Waals surface area contributed by atoms with E-state index in [0.29, 0.717) is 18.0 Å². The second kappa shape index (κ2) is 9.64. The molecular formula is C30H35FN6O2. The van der Waals surface area contributed by atoms with Crippen LogP contribution in [0.25, 0.3) is 33.5 Å². The van der Waals surface area contributed by atoms with E-state index >= 15 is 0 Å². The zero-order valence-corrected chi connectivity index (χ0v) is 22.4. The van der Waals surface area contributed by atoms with Crippen LogP contribution in [0.2, 0.25) is 0 Å². The number of morpholine rings is 1. The molecule has 2 aliphatic heterocycles. The lowest BCUT2D eigenvalue weighted by Gasteiger charge is -2.30. The van der Waals surface area contributed by atoms with Crippen molar-refractivity contribution in [3.63, 3.8) is 0 Å². The fourth-order valence-electron chi connectivity index (χ4n) is 6.25. The molecule has 0 bridgehead atoms. The summed E-state index contributed by atoms with van der Waals surface area (Å²) < 4.78 is 23.3. The summed E-state index contributed by atoms with van der Waals surface area (Å²) in [7, 11) is 2.07. The quantitative estimate of drug-likeness (QED) is 0.394. The Labute approximate surface area is 227 Å². The van der Waals surface area contributed by atoms with E-state index in [-0.39, 0.29) is 12.5 Å². The summed E-state index contributed by atoms with van der Waals surface area (Å²) in [4.78, 5) is 22.5. The first kappa shape index (κ1) is 24.6. The molecule has 2 N–H and O–H groups in total. The Kier molecular flexibility index (Phi) is 6.08. The van der Waals surface area contributed by atoms with Crippen molar-refractivity contribution in [3.05, 3.63) is 47.5 Å². The molecule has 1 saturated heterocycles. The van der Waals surface area contributed by atoms with E-state index in [4.69, 9.17) is 15.5 Å². The molecule has 0 radical (unpaired) electrons. The summed E-state index contributed by atoms with van der Waals surface area (Å²) in [5, 5.41) is 1.22. The van der Waals surface area contributed by atoms with Gasteiger partial charge in [0.25, 0.3) is 5.91 Å². The van der Waals surface area contributed by atoms with E-state index in [1.54, 1.807) is 4.90 Å². The van der Waals surface area contributed by atoms with Crippen molar-refractivity contribution >= 4 is 33.5 Å². The van der Waals surface area contributed by atoms with Gasteiger partial charge in [0, 0.05) is 50.7 Å². The number of carbonyl (C=O) groups excluding carboxylic acids is 1. The molecule has 0 unspecified atom stereocenters. The lowest BCUT2D eigenvalue weighted by molar-refractivity contribution is 0.0725. The molecular weight excluding hydrogens is 495 g/mol. The van der Waals surface area contributed by atoms with Crippen LogP contribution in [0, 0.1) is 5.92 Å². The zero-order valence-electron chi connectivity index (χ0n) is 22.4. The second-order valence-corrected chi connectivity index (χ2v) is 11.3. The SMILES string of the molecule is Cn1c(-c2cc3cccc(N4CCOCC4)c3n2CC2CC2)nc2cc3c(cc21)CCN(C[C@H](N)CF)C3=O. The Morgan fingerprint density at radius 1 is 1.15 bits per heavy atom. The average Bonchev–Trinajstić information content (AvgIpc) is 3.63. The van der Waals surface area contributed by atoms with Crippen molar-refractivity contribution in [1.82, 2.24) is 19.0 Å². The van der Waals surface area contributed by atoms with Gasteiger partial charge in [-0.1, -0.05) is 12.1 Å². The lowest BCUT2D eigenvalue weighted by atomic mass is 9.97. The number of nitrogens with zero attached hydrogens (tertiary/aromatic N) is 5. The van der Waals surface area contributed by atoms with Crippen LogP contribution in [0.4, 0.5) is 10.1 Å². The number of imidazole rings is 1. The van der Waals surface area contributed by atoms with Crippen molar-refractivity contribution in [1.29, 1.82) is 0 Å². The number of nitrogens with two attached hydrogens (primary N) is 1. The van der Waals surface area contributed by atoms with E-state index in [1.807, 2.05) is 6.07 Å². The van der Waals surface area contributed by atoms with Crippen molar-refractivity contribution < 1.29 is 13.9 Å². The minimum atomic E-state index is -0.656. The highest BCUT2D eigenvalue weighted by Crippen LogP contribution is 2.40. The van der Waals surface area contributed by atoms with E-state index in [2.05, 4.69) is 51.4 Å². The number of fused-ring (bicyclic) bond motifs is 3. The summed E-state index contributed by atoms with van der Waals surface area (Å²) >= 11 is 0.